The number of fused-ring (bicyclic) bond motifs is 8. The van der Waals surface area contributed by atoms with E-state index in [4.69, 9.17) is 30.5 Å². The molecule has 1 saturated heterocycles. The Balaban J connectivity index is 0.984. The molecule has 358 valence electrons. The predicted octanol–water partition coefficient (Wildman–Crippen LogP) is 7.84. The number of benzene rings is 5. The van der Waals surface area contributed by atoms with Crippen LogP contribution in [0.4, 0.5) is 4.39 Å². The molecule has 3 aromatic heterocycles. The quantitative estimate of drug-likeness (QED) is 0.0477. The molecular weight excluding hydrogens is 951 g/mol. The van der Waals surface area contributed by atoms with E-state index in [1.165, 1.54) is 23.7 Å². The molecule has 0 bridgehead atoms. The van der Waals surface area contributed by atoms with Crippen LogP contribution in [0.1, 0.15) is 17.7 Å². The standard InChI is InChI=1S/C49H46ClFN6O10S2/c1-57(21-7-25-69(61,62)63)22-18-56(19-23-57)20-24-65-37-15-13-32-39(43(37)50)40-33(12-14-34(51)44(40)58)45-41(32)42-47(53-28-54-48(42)68-45)67-38(49(59)60)26-29-8-3-5-10-35(29)66-27-30-16-17-52-46(55-30)31-9-4-6-11-36(31)64-2/h3-6,8-17,28,38H,7,18-27H2,1-2H3,(H2-,58,59,60,61,62,63)/t38-/m1/s1. The summed E-state index contributed by atoms with van der Waals surface area (Å²) >= 11 is 8.44. The fraction of sp³-hybridized carbons (Fsp3) is 0.286. The molecule has 0 unspecified atom stereocenters. The van der Waals surface area contributed by atoms with Crippen molar-refractivity contribution in [2.75, 3.05) is 65.8 Å². The maximum Gasteiger partial charge on any atom is 0.345 e. The molecule has 4 heterocycles. The molecule has 20 heteroatoms. The molecule has 1 atom stereocenters. The van der Waals surface area contributed by atoms with Gasteiger partial charge in [0.25, 0.3) is 0 Å². The molecule has 8 aromatic rings. The first-order valence-corrected chi connectivity index (χ1v) is 24.8. The summed E-state index contributed by atoms with van der Waals surface area (Å²) in [6, 6.07) is 22.4. The number of thiophene rings is 1. The van der Waals surface area contributed by atoms with E-state index in [0.717, 1.165) is 31.7 Å². The molecule has 2 N–H and O–H groups in total. The SMILES string of the molecule is COc1ccccc1-c1nccc(COc2ccccc2C[C@@H](Oc2ncnc3sc4c5ccc(F)c(O)c5c5c(Cl)c(OCCN6CC[N+](C)(CCCS(=O)(=O)[O-])CC6)ccc5c4c23)C(=O)O)n1. The molecule has 1 aliphatic rings. The molecule has 69 heavy (non-hydrogen) atoms. The molecule has 0 amide bonds. The molecule has 0 spiro atoms. The average molecular weight is 998 g/mol. The van der Waals surface area contributed by atoms with Crippen LogP contribution in [-0.4, -0.2) is 130 Å². The molecule has 1 fully saturated rings. The number of ether oxygens (including phenoxy) is 4. The van der Waals surface area contributed by atoms with Gasteiger partial charge in [-0.1, -0.05) is 41.9 Å². The van der Waals surface area contributed by atoms with Crippen molar-refractivity contribution in [3.05, 3.63) is 113 Å². The van der Waals surface area contributed by atoms with E-state index in [0.29, 0.717) is 94.8 Å². The number of aliphatic carboxylic acids is 1. The number of aromatic nitrogens is 4. The summed E-state index contributed by atoms with van der Waals surface area (Å²) in [6.45, 7) is 4.51. The Morgan fingerprint density at radius 3 is 2.45 bits per heavy atom. The minimum absolute atomic E-state index is 0.00275. The first kappa shape index (κ1) is 47.6. The van der Waals surface area contributed by atoms with Crippen molar-refractivity contribution in [1.29, 1.82) is 0 Å². The number of likely N-dealkylation sites (N-methyl/N-ethyl adjacent to an activating group) is 1. The number of carboxylic acid groups (broad SMARTS) is 1. The number of quaternary nitrogens is 1. The number of methoxy groups -OCH3 is 1. The lowest BCUT2D eigenvalue weighted by Crippen LogP contribution is -2.58. The first-order chi connectivity index (χ1) is 33.2. The van der Waals surface area contributed by atoms with E-state index in [1.807, 2.05) is 24.3 Å². The zero-order chi connectivity index (χ0) is 48.5. The summed E-state index contributed by atoms with van der Waals surface area (Å²) in [7, 11) is -0.622. The third kappa shape index (κ3) is 10.2. The van der Waals surface area contributed by atoms with Gasteiger partial charge in [-0.15, -0.1) is 11.3 Å². The van der Waals surface area contributed by atoms with Crippen LogP contribution in [-0.2, 0) is 27.9 Å². The van der Waals surface area contributed by atoms with Crippen LogP contribution in [0.25, 0.3) is 53.2 Å². The summed E-state index contributed by atoms with van der Waals surface area (Å²) in [5.74, 6) is -1.24. The normalized spacial score (nSPS) is 14.6. The number of halogens is 2. The van der Waals surface area contributed by atoms with E-state index in [2.05, 4.69) is 31.9 Å². The van der Waals surface area contributed by atoms with E-state index >= 15 is 4.39 Å². The van der Waals surface area contributed by atoms with Gasteiger partial charge >= 0.3 is 5.97 Å². The Labute approximate surface area is 404 Å². The van der Waals surface area contributed by atoms with Crippen LogP contribution in [0.3, 0.4) is 0 Å². The Morgan fingerprint density at radius 2 is 1.68 bits per heavy atom. The third-order valence-electron chi connectivity index (χ3n) is 12.5. The highest BCUT2D eigenvalue weighted by Gasteiger charge is 2.30. The van der Waals surface area contributed by atoms with Gasteiger partial charge in [-0.05, 0) is 59.5 Å². The zero-order valence-corrected chi connectivity index (χ0v) is 39.8. The van der Waals surface area contributed by atoms with Crippen LogP contribution < -0.4 is 18.9 Å². The lowest BCUT2D eigenvalue weighted by molar-refractivity contribution is -0.913. The van der Waals surface area contributed by atoms with Crippen molar-refractivity contribution in [3.8, 4) is 40.3 Å². The summed E-state index contributed by atoms with van der Waals surface area (Å²) < 4.78 is 74.2. The van der Waals surface area contributed by atoms with Gasteiger partial charge < -0.3 is 38.2 Å². The predicted molar refractivity (Wildman–Crippen MR) is 259 cm³/mol. The number of hydrogen-bond donors (Lipinski definition) is 2. The molecule has 5 aromatic carbocycles. The number of carbonyl (C=O) groups is 1. The largest absolute Gasteiger partial charge is 0.748 e. The summed E-state index contributed by atoms with van der Waals surface area (Å²) in [4.78, 5) is 33.8. The number of aromatic hydroxyl groups is 1. The van der Waals surface area contributed by atoms with Gasteiger partial charge in [0.15, 0.2) is 17.4 Å². The molecule has 0 saturated carbocycles. The number of hydrogen-bond acceptors (Lipinski definition) is 15. The Kier molecular flexibility index (Phi) is 13.7. The lowest BCUT2D eigenvalue weighted by Gasteiger charge is -2.42. The van der Waals surface area contributed by atoms with Crippen molar-refractivity contribution < 1.29 is 55.8 Å². The van der Waals surface area contributed by atoms with E-state index < -0.39 is 33.8 Å². The molecule has 9 rings (SSSR count). The Morgan fingerprint density at radius 1 is 0.928 bits per heavy atom. The van der Waals surface area contributed by atoms with Gasteiger partial charge in [-0.3, -0.25) is 4.90 Å². The van der Waals surface area contributed by atoms with Gasteiger partial charge in [0, 0.05) is 70.7 Å². The number of carboxylic acids is 1. The number of rotatable bonds is 18. The van der Waals surface area contributed by atoms with Crippen molar-refractivity contribution in [2.24, 2.45) is 0 Å². The van der Waals surface area contributed by atoms with Crippen LogP contribution in [0, 0.1) is 5.82 Å². The second-order valence-corrected chi connectivity index (χ2v) is 19.9. The van der Waals surface area contributed by atoms with Crippen molar-refractivity contribution in [3.63, 3.8) is 0 Å². The number of phenolic OH excluding ortho intramolecular Hbond substituents is 1. The van der Waals surface area contributed by atoms with Crippen LogP contribution in [0.15, 0.2) is 91.4 Å². The number of para-hydroxylation sites is 2. The van der Waals surface area contributed by atoms with Gasteiger partial charge in [-0.25, -0.2) is 37.5 Å². The van der Waals surface area contributed by atoms with E-state index in [1.54, 1.807) is 61.8 Å². The van der Waals surface area contributed by atoms with Crippen LogP contribution in [0.2, 0.25) is 5.02 Å². The Bertz CT molecular complexity index is 3350. The molecule has 0 aliphatic carbocycles. The summed E-state index contributed by atoms with van der Waals surface area (Å²) in [5.41, 5.74) is 1.86. The maximum atomic E-state index is 15.2. The average Bonchev–Trinajstić information content (AvgIpc) is 3.74. The summed E-state index contributed by atoms with van der Waals surface area (Å²) in [6.07, 6.45) is 1.68. The highest BCUT2D eigenvalue weighted by molar-refractivity contribution is 7.85. The lowest BCUT2D eigenvalue weighted by atomic mass is 9.96. The molecular formula is C49H46ClFN6O10S2. The number of phenols is 1. The van der Waals surface area contributed by atoms with Gasteiger partial charge in [0.2, 0.25) is 12.0 Å². The van der Waals surface area contributed by atoms with E-state index in [-0.39, 0.29) is 41.7 Å². The van der Waals surface area contributed by atoms with E-state index in [9.17, 15) is 28.0 Å². The van der Waals surface area contributed by atoms with Gasteiger partial charge in [-0.2, -0.15) is 0 Å². The van der Waals surface area contributed by atoms with Crippen LogP contribution in [0.5, 0.6) is 28.9 Å². The molecule has 0 radical (unpaired) electrons. The highest BCUT2D eigenvalue weighted by atomic mass is 35.5. The number of piperazine rings is 1. The minimum Gasteiger partial charge on any atom is -0.748 e. The third-order valence-corrected chi connectivity index (χ3v) is 14.8. The topological polar surface area (TPSA) is 206 Å². The van der Waals surface area contributed by atoms with Crippen molar-refractivity contribution >= 4 is 80.9 Å². The molecule has 1 aliphatic heterocycles. The summed E-state index contributed by atoms with van der Waals surface area (Å²) in [5, 5.41) is 24.5. The highest BCUT2D eigenvalue weighted by Crippen LogP contribution is 2.51. The minimum atomic E-state index is -4.26. The number of nitrogens with zero attached hydrogens (tertiary/aromatic N) is 6. The maximum absolute atomic E-state index is 15.2. The zero-order valence-electron chi connectivity index (χ0n) is 37.4. The smallest absolute Gasteiger partial charge is 0.345 e. The van der Waals surface area contributed by atoms with Gasteiger partial charge in [0.1, 0.15) is 41.6 Å². The molecule has 16 nitrogen and oxygen atoms in total. The second-order valence-electron chi connectivity index (χ2n) is 17.0. The fourth-order valence-corrected chi connectivity index (χ4v) is 10.8. The van der Waals surface area contributed by atoms with Crippen LogP contribution >= 0.6 is 22.9 Å². The van der Waals surface area contributed by atoms with Gasteiger partial charge in [0.05, 0.1) is 65.6 Å². The van der Waals surface area contributed by atoms with Crippen molar-refractivity contribution in [2.45, 2.75) is 25.6 Å². The monoisotopic (exact) mass is 996 g/mol. The first-order valence-electron chi connectivity index (χ1n) is 22.0. The van der Waals surface area contributed by atoms with Crippen molar-refractivity contribution in [1.82, 2.24) is 24.8 Å². The fourth-order valence-electron chi connectivity index (χ4n) is 8.83. The Hall–Kier alpha value is -6.48. The second kappa shape index (κ2) is 19.9.